The molecule has 0 aliphatic carbocycles. The third-order valence-corrected chi connectivity index (χ3v) is 4.84. The molecule has 1 N–H and O–H groups in total. The highest BCUT2D eigenvalue weighted by Gasteiger charge is 2.31. The summed E-state index contributed by atoms with van der Waals surface area (Å²) in [5.74, 6) is -0.0584. The van der Waals surface area contributed by atoms with E-state index >= 15 is 0 Å². The molecule has 2 aromatic rings. The average Bonchev–Trinajstić information content (AvgIpc) is 3.15. The van der Waals surface area contributed by atoms with E-state index in [-0.39, 0.29) is 11.8 Å². The molecule has 0 saturated carbocycles. The number of rotatable bonds is 7. The first-order valence-corrected chi connectivity index (χ1v) is 9.30. The molecule has 2 amide bonds. The molecule has 0 bridgehead atoms. The van der Waals surface area contributed by atoms with Gasteiger partial charge in [0.2, 0.25) is 5.91 Å². The Morgan fingerprint density at radius 2 is 2.15 bits per heavy atom. The van der Waals surface area contributed by atoms with E-state index in [0.29, 0.717) is 38.4 Å². The van der Waals surface area contributed by atoms with E-state index in [2.05, 4.69) is 11.4 Å². The van der Waals surface area contributed by atoms with Crippen molar-refractivity contribution in [3.05, 3.63) is 29.5 Å². The van der Waals surface area contributed by atoms with Gasteiger partial charge in [-0.2, -0.15) is 0 Å². The summed E-state index contributed by atoms with van der Waals surface area (Å²) in [6.45, 7) is 6.49. The molecule has 6 nitrogen and oxygen atoms in total. The minimum absolute atomic E-state index is 0.0874. The first-order chi connectivity index (χ1) is 12.5. The smallest absolute Gasteiger partial charge is 0.270 e. The summed E-state index contributed by atoms with van der Waals surface area (Å²) < 4.78 is 7.21. The number of hydrogen-bond donors (Lipinski definition) is 1. The third-order valence-electron chi connectivity index (χ3n) is 4.84. The van der Waals surface area contributed by atoms with Gasteiger partial charge in [0.25, 0.3) is 5.91 Å². The van der Waals surface area contributed by atoms with Crippen molar-refractivity contribution >= 4 is 28.4 Å². The van der Waals surface area contributed by atoms with Crippen LogP contribution < -0.4 is 10.2 Å². The number of aromatic nitrogens is 1. The van der Waals surface area contributed by atoms with E-state index in [1.54, 1.807) is 4.90 Å². The number of carbonyl (C=O) groups excluding carboxylic acids is 2. The number of nitrogens with zero attached hydrogens (tertiary/aromatic N) is 2. The number of amides is 2. The monoisotopic (exact) mass is 357 g/mol. The zero-order valence-electron chi connectivity index (χ0n) is 15.8. The molecule has 0 unspecified atom stereocenters. The van der Waals surface area contributed by atoms with Crippen molar-refractivity contribution in [1.82, 2.24) is 9.88 Å². The molecule has 0 radical (unpaired) electrons. The van der Waals surface area contributed by atoms with Gasteiger partial charge in [0, 0.05) is 45.2 Å². The van der Waals surface area contributed by atoms with Crippen LogP contribution >= 0.6 is 0 Å². The standard InChI is InChI=1S/C20H27N3O3/c1-4-26-12-6-10-21-20(25)19-18(23-11-5-7-17(23)24)15-13-14(2)8-9-16(15)22(19)3/h8-9,13H,4-7,10-12H2,1-3H3,(H,21,25). The van der Waals surface area contributed by atoms with Crippen LogP contribution in [0, 0.1) is 6.92 Å². The Kier molecular flexibility index (Phi) is 5.61. The van der Waals surface area contributed by atoms with E-state index in [9.17, 15) is 9.59 Å². The summed E-state index contributed by atoms with van der Waals surface area (Å²) >= 11 is 0. The van der Waals surface area contributed by atoms with Gasteiger partial charge in [-0.3, -0.25) is 9.59 Å². The van der Waals surface area contributed by atoms with Gasteiger partial charge >= 0.3 is 0 Å². The second kappa shape index (κ2) is 7.91. The van der Waals surface area contributed by atoms with Gasteiger partial charge in [0.15, 0.2) is 0 Å². The van der Waals surface area contributed by atoms with Crippen LogP contribution in [0.2, 0.25) is 0 Å². The molecular formula is C20H27N3O3. The summed E-state index contributed by atoms with van der Waals surface area (Å²) in [5.41, 5.74) is 3.37. The van der Waals surface area contributed by atoms with Crippen molar-refractivity contribution in [3.8, 4) is 0 Å². The summed E-state index contributed by atoms with van der Waals surface area (Å²) in [6.07, 6.45) is 2.13. The van der Waals surface area contributed by atoms with Crippen molar-refractivity contribution in [2.45, 2.75) is 33.1 Å². The lowest BCUT2D eigenvalue weighted by molar-refractivity contribution is -0.117. The molecule has 6 heteroatoms. The van der Waals surface area contributed by atoms with Crippen LogP contribution in [0.4, 0.5) is 5.69 Å². The first kappa shape index (κ1) is 18.5. The highest BCUT2D eigenvalue weighted by atomic mass is 16.5. The molecular weight excluding hydrogens is 330 g/mol. The summed E-state index contributed by atoms with van der Waals surface area (Å²) in [6, 6.07) is 6.10. The first-order valence-electron chi connectivity index (χ1n) is 9.30. The van der Waals surface area contributed by atoms with E-state index < -0.39 is 0 Å². The van der Waals surface area contributed by atoms with Gasteiger partial charge in [0.05, 0.1) is 11.2 Å². The molecule has 1 aliphatic rings. The number of nitrogens with one attached hydrogen (secondary N) is 1. The summed E-state index contributed by atoms with van der Waals surface area (Å²) in [5, 5.41) is 3.94. The van der Waals surface area contributed by atoms with E-state index in [0.717, 1.165) is 35.0 Å². The van der Waals surface area contributed by atoms with Crippen LogP contribution in [0.1, 0.15) is 42.2 Å². The molecule has 26 heavy (non-hydrogen) atoms. The quantitative estimate of drug-likeness (QED) is 0.775. The number of anilines is 1. The number of ether oxygens (including phenoxy) is 1. The van der Waals surface area contributed by atoms with Crippen molar-refractivity contribution in [3.63, 3.8) is 0 Å². The molecule has 3 rings (SSSR count). The predicted octanol–water partition coefficient (Wildman–Crippen LogP) is 2.77. The van der Waals surface area contributed by atoms with Gasteiger partial charge in [-0.05, 0) is 38.8 Å². The molecule has 1 aromatic carbocycles. The molecule has 1 aliphatic heterocycles. The van der Waals surface area contributed by atoms with E-state index in [4.69, 9.17) is 4.74 Å². The molecule has 1 saturated heterocycles. The number of hydrogen-bond acceptors (Lipinski definition) is 3. The lowest BCUT2D eigenvalue weighted by Crippen LogP contribution is -2.31. The highest BCUT2D eigenvalue weighted by molar-refractivity contribution is 6.14. The number of carbonyl (C=O) groups is 2. The number of benzene rings is 1. The Bertz CT molecular complexity index is 825. The van der Waals surface area contributed by atoms with Crippen LogP contribution in [0.3, 0.4) is 0 Å². The predicted molar refractivity (Wildman–Crippen MR) is 103 cm³/mol. The maximum atomic E-state index is 12.9. The molecule has 140 valence electrons. The Hall–Kier alpha value is -2.34. The molecule has 2 heterocycles. The highest BCUT2D eigenvalue weighted by Crippen LogP contribution is 2.36. The summed E-state index contributed by atoms with van der Waals surface area (Å²) in [7, 11) is 1.89. The van der Waals surface area contributed by atoms with Crippen LogP contribution in [0.25, 0.3) is 10.9 Å². The number of fused-ring (bicyclic) bond motifs is 1. The lowest BCUT2D eigenvalue weighted by atomic mass is 10.1. The van der Waals surface area contributed by atoms with Crippen molar-refractivity contribution in [1.29, 1.82) is 0 Å². The normalized spacial score (nSPS) is 14.4. The van der Waals surface area contributed by atoms with Crippen LogP contribution in [0.15, 0.2) is 18.2 Å². The van der Waals surface area contributed by atoms with Gasteiger partial charge < -0.3 is 19.5 Å². The Labute approximate surface area is 154 Å². The number of aryl methyl sites for hydroxylation is 2. The zero-order chi connectivity index (χ0) is 18.7. The topological polar surface area (TPSA) is 63.6 Å². The second-order valence-corrected chi connectivity index (χ2v) is 6.73. The van der Waals surface area contributed by atoms with Gasteiger partial charge in [0.1, 0.15) is 5.69 Å². The van der Waals surface area contributed by atoms with Crippen LogP contribution in [-0.4, -0.2) is 42.7 Å². The molecule has 1 fully saturated rings. The Morgan fingerprint density at radius 3 is 2.85 bits per heavy atom. The molecule has 0 atom stereocenters. The maximum absolute atomic E-state index is 12.9. The fourth-order valence-corrected chi connectivity index (χ4v) is 3.56. The summed E-state index contributed by atoms with van der Waals surface area (Å²) in [4.78, 5) is 27.1. The fraction of sp³-hybridized carbons (Fsp3) is 0.500. The fourth-order valence-electron chi connectivity index (χ4n) is 3.56. The minimum Gasteiger partial charge on any atom is -0.382 e. The maximum Gasteiger partial charge on any atom is 0.270 e. The van der Waals surface area contributed by atoms with Gasteiger partial charge in [-0.15, -0.1) is 0 Å². The minimum atomic E-state index is -0.146. The third kappa shape index (κ3) is 3.46. The van der Waals surface area contributed by atoms with E-state index in [1.807, 2.05) is 37.6 Å². The second-order valence-electron chi connectivity index (χ2n) is 6.73. The van der Waals surface area contributed by atoms with Crippen LogP contribution in [-0.2, 0) is 16.6 Å². The van der Waals surface area contributed by atoms with Gasteiger partial charge in [-0.25, -0.2) is 0 Å². The average molecular weight is 357 g/mol. The molecule has 1 aromatic heterocycles. The Balaban J connectivity index is 1.96. The SMILES string of the molecule is CCOCCCNC(=O)c1c(N2CCCC2=O)c2cc(C)ccc2n1C. The van der Waals surface area contributed by atoms with Crippen molar-refractivity contribution < 1.29 is 14.3 Å². The lowest BCUT2D eigenvalue weighted by Gasteiger charge is -2.18. The van der Waals surface area contributed by atoms with Gasteiger partial charge in [-0.1, -0.05) is 11.6 Å². The van der Waals surface area contributed by atoms with Crippen molar-refractivity contribution in [2.24, 2.45) is 7.05 Å². The Morgan fingerprint density at radius 1 is 1.35 bits per heavy atom. The zero-order valence-corrected chi connectivity index (χ0v) is 15.8. The van der Waals surface area contributed by atoms with E-state index in [1.165, 1.54) is 0 Å². The largest absolute Gasteiger partial charge is 0.382 e. The van der Waals surface area contributed by atoms with Crippen LogP contribution in [0.5, 0.6) is 0 Å². The van der Waals surface area contributed by atoms with Crippen molar-refractivity contribution in [2.75, 3.05) is 31.2 Å². The molecule has 0 spiro atoms.